The molecule has 4 nitrogen and oxygen atoms in total. The van der Waals surface area contributed by atoms with Crippen LogP contribution in [-0.2, 0) is 0 Å². The Kier molecular flexibility index (Phi) is 2.95. The van der Waals surface area contributed by atoms with Crippen molar-refractivity contribution in [3.8, 4) is 11.3 Å². The maximum Gasteiger partial charge on any atom is 0.335 e. The predicted octanol–water partition coefficient (Wildman–Crippen LogP) is 3.16. The molecule has 0 atom stereocenters. The van der Waals surface area contributed by atoms with Crippen molar-refractivity contribution in [1.29, 1.82) is 0 Å². The Bertz CT molecular complexity index is 543. The average Bonchev–Trinajstić information content (AvgIpc) is 2.78. The smallest absolute Gasteiger partial charge is 0.335 e. The van der Waals surface area contributed by atoms with Gasteiger partial charge >= 0.3 is 5.97 Å². The highest BCUT2D eigenvalue weighted by atomic mass is 16.4. The topological polar surface area (TPSA) is 63.3 Å². The van der Waals surface area contributed by atoms with Gasteiger partial charge in [0.1, 0.15) is 11.5 Å². The van der Waals surface area contributed by atoms with Gasteiger partial charge in [-0.05, 0) is 12.1 Å². The van der Waals surface area contributed by atoms with Crippen LogP contribution in [0.15, 0.2) is 35.1 Å². The number of benzene rings is 1. The Morgan fingerprint density at radius 1 is 1.41 bits per heavy atom. The van der Waals surface area contributed by atoms with Gasteiger partial charge in [-0.15, -0.1) is 0 Å². The first-order valence-corrected chi connectivity index (χ1v) is 5.36. The molecule has 0 bridgehead atoms. The SMILES string of the molecule is CC(C)c1ocnc1-c1cccc(C(=O)O)c1. The fourth-order valence-electron chi connectivity index (χ4n) is 1.68. The van der Waals surface area contributed by atoms with Crippen LogP contribution in [0.25, 0.3) is 11.3 Å². The summed E-state index contributed by atoms with van der Waals surface area (Å²) < 4.78 is 5.32. The number of carboxylic acids is 1. The molecule has 0 aliphatic heterocycles. The van der Waals surface area contributed by atoms with E-state index in [0.717, 1.165) is 11.3 Å². The summed E-state index contributed by atoms with van der Waals surface area (Å²) in [5, 5.41) is 8.94. The van der Waals surface area contributed by atoms with Gasteiger partial charge in [-0.25, -0.2) is 9.78 Å². The first kappa shape index (κ1) is 11.4. The molecule has 0 saturated heterocycles. The summed E-state index contributed by atoms with van der Waals surface area (Å²) in [6.07, 6.45) is 1.39. The molecule has 17 heavy (non-hydrogen) atoms. The zero-order valence-electron chi connectivity index (χ0n) is 9.68. The molecule has 2 rings (SSSR count). The number of hydrogen-bond acceptors (Lipinski definition) is 3. The Balaban J connectivity index is 2.49. The van der Waals surface area contributed by atoms with Gasteiger partial charge < -0.3 is 9.52 Å². The molecule has 0 aliphatic carbocycles. The molecule has 0 fully saturated rings. The van der Waals surface area contributed by atoms with Crippen LogP contribution in [0, 0.1) is 0 Å². The second-order valence-electron chi connectivity index (χ2n) is 4.11. The van der Waals surface area contributed by atoms with Crippen LogP contribution in [-0.4, -0.2) is 16.1 Å². The van der Waals surface area contributed by atoms with Crippen LogP contribution < -0.4 is 0 Å². The number of aromatic carboxylic acids is 1. The van der Waals surface area contributed by atoms with Crippen molar-refractivity contribution in [2.24, 2.45) is 0 Å². The number of rotatable bonds is 3. The molecule has 0 radical (unpaired) electrons. The fraction of sp³-hybridized carbons (Fsp3) is 0.231. The Morgan fingerprint density at radius 3 is 2.82 bits per heavy atom. The zero-order valence-corrected chi connectivity index (χ0v) is 9.68. The van der Waals surface area contributed by atoms with Crippen LogP contribution in [0.2, 0.25) is 0 Å². The van der Waals surface area contributed by atoms with Crippen LogP contribution in [0.4, 0.5) is 0 Å². The van der Waals surface area contributed by atoms with Crippen LogP contribution in [0.5, 0.6) is 0 Å². The third-order valence-corrected chi connectivity index (χ3v) is 2.50. The Labute approximate surface area is 98.9 Å². The van der Waals surface area contributed by atoms with Gasteiger partial charge in [-0.2, -0.15) is 0 Å². The lowest BCUT2D eigenvalue weighted by atomic mass is 10.0. The molecule has 1 aromatic heterocycles. The third-order valence-electron chi connectivity index (χ3n) is 2.50. The number of nitrogens with zero attached hydrogens (tertiary/aromatic N) is 1. The molecule has 88 valence electrons. The standard InChI is InChI=1S/C13H13NO3/c1-8(2)12-11(14-7-17-12)9-4-3-5-10(6-9)13(15)16/h3-8H,1-2H3,(H,15,16). The quantitative estimate of drug-likeness (QED) is 0.881. The highest BCUT2D eigenvalue weighted by Gasteiger charge is 2.15. The largest absolute Gasteiger partial charge is 0.478 e. The molecule has 1 aromatic carbocycles. The molecular formula is C13H13NO3. The van der Waals surface area contributed by atoms with Crippen LogP contribution in [0.3, 0.4) is 0 Å². The highest BCUT2D eigenvalue weighted by molar-refractivity contribution is 5.89. The first-order chi connectivity index (χ1) is 8.09. The Hall–Kier alpha value is -2.10. The molecule has 1 heterocycles. The minimum atomic E-state index is -0.943. The van der Waals surface area contributed by atoms with E-state index in [2.05, 4.69) is 4.98 Å². The summed E-state index contributed by atoms with van der Waals surface area (Å²) in [7, 11) is 0. The van der Waals surface area contributed by atoms with E-state index in [1.165, 1.54) is 6.39 Å². The van der Waals surface area contributed by atoms with Gasteiger partial charge in [0.05, 0.1) is 5.56 Å². The second kappa shape index (κ2) is 4.41. The average molecular weight is 231 g/mol. The lowest BCUT2D eigenvalue weighted by Crippen LogP contribution is -1.96. The van der Waals surface area contributed by atoms with E-state index < -0.39 is 5.97 Å². The summed E-state index contributed by atoms with van der Waals surface area (Å²) in [5.74, 6) is 0.0370. The molecule has 0 saturated carbocycles. The van der Waals surface area contributed by atoms with Gasteiger partial charge in [0, 0.05) is 11.5 Å². The summed E-state index contributed by atoms with van der Waals surface area (Å²) in [6.45, 7) is 4.01. The molecule has 2 aromatic rings. The van der Waals surface area contributed by atoms with E-state index >= 15 is 0 Å². The van der Waals surface area contributed by atoms with Crippen molar-refractivity contribution in [3.63, 3.8) is 0 Å². The third kappa shape index (κ3) is 2.20. The minimum Gasteiger partial charge on any atom is -0.478 e. The van der Waals surface area contributed by atoms with Crippen molar-refractivity contribution >= 4 is 5.97 Å². The molecule has 0 aliphatic rings. The van der Waals surface area contributed by atoms with Gasteiger partial charge in [0.2, 0.25) is 0 Å². The fourth-order valence-corrected chi connectivity index (χ4v) is 1.68. The van der Waals surface area contributed by atoms with E-state index in [0.29, 0.717) is 5.69 Å². The molecular weight excluding hydrogens is 218 g/mol. The van der Waals surface area contributed by atoms with Gasteiger partial charge in [0.15, 0.2) is 6.39 Å². The lowest BCUT2D eigenvalue weighted by Gasteiger charge is -2.04. The number of aromatic nitrogens is 1. The van der Waals surface area contributed by atoms with E-state index in [4.69, 9.17) is 9.52 Å². The predicted molar refractivity (Wildman–Crippen MR) is 63.0 cm³/mol. The summed E-state index contributed by atoms with van der Waals surface area (Å²) in [4.78, 5) is 15.0. The van der Waals surface area contributed by atoms with Gasteiger partial charge in [-0.1, -0.05) is 26.0 Å². The lowest BCUT2D eigenvalue weighted by molar-refractivity contribution is 0.0697. The monoisotopic (exact) mass is 231 g/mol. The number of oxazole rings is 1. The summed E-state index contributed by atoms with van der Waals surface area (Å²) in [6, 6.07) is 6.70. The maximum absolute atomic E-state index is 10.9. The summed E-state index contributed by atoms with van der Waals surface area (Å²) in [5.41, 5.74) is 1.73. The van der Waals surface area contributed by atoms with Crippen LogP contribution >= 0.6 is 0 Å². The minimum absolute atomic E-state index is 0.209. The van der Waals surface area contributed by atoms with Crippen molar-refractivity contribution in [2.75, 3.05) is 0 Å². The van der Waals surface area contributed by atoms with E-state index in [1.807, 2.05) is 19.9 Å². The van der Waals surface area contributed by atoms with Gasteiger partial charge in [0.25, 0.3) is 0 Å². The van der Waals surface area contributed by atoms with Crippen molar-refractivity contribution in [2.45, 2.75) is 19.8 Å². The van der Waals surface area contributed by atoms with Crippen molar-refractivity contribution in [3.05, 3.63) is 42.0 Å². The number of hydrogen-bond donors (Lipinski definition) is 1. The van der Waals surface area contributed by atoms with Crippen molar-refractivity contribution in [1.82, 2.24) is 4.98 Å². The summed E-state index contributed by atoms with van der Waals surface area (Å²) >= 11 is 0. The van der Waals surface area contributed by atoms with E-state index in [-0.39, 0.29) is 11.5 Å². The van der Waals surface area contributed by atoms with E-state index in [9.17, 15) is 4.79 Å². The number of carbonyl (C=O) groups is 1. The molecule has 0 amide bonds. The number of carboxylic acid groups (broad SMARTS) is 1. The van der Waals surface area contributed by atoms with Gasteiger partial charge in [-0.3, -0.25) is 0 Å². The highest BCUT2D eigenvalue weighted by Crippen LogP contribution is 2.28. The Morgan fingerprint density at radius 2 is 2.18 bits per heavy atom. The molecule has 0 unspecified atom stereocenters. The molecule has 4 heteroatoms. The van der Waals surface area contributed by atoms with E-state index in [1.54, 1.807) is 18.2 Å². The first-order valence-electron chi connectivity index (χ1n) is 5.36. The zero-order chi connectivity index (χ0) is 12.4. The molecule has 1 N–H and O–H groups in total. The van der Waals surface area contributed by atoms with Crippen molar-refractivity contribution < 1.29 is 14.3 Å². The normalized spacial score (nSPS) is 10.8. The molecule has 0 spiro atoms. The second-order valence-corrected chi connectivity index (χ2v) is 4.11. The van der Waals surface area contributed by atoms with Crippen LogP contribution in [0.1, 0.15) is 35.9 Å². The maximum atomic E-state index is 10.9.